The van der Waals surface area contributed by atoms with Gasteiger partial charge in [0.15, 0.2) is 0 Å². The Morgan fingerprint density at radius 3 is 2.58 bits per heavy atom. The summed E-state index contributed by atoms with van der Waals surface area (Å²) < 4.78 is 4.06. The molecule has 0 bridgehead atoms. The summed E-state index contributed by atoms with van der Waals surface area (Å²) in [4.78, 5) is 1.32. The Hall–Kier alpha value is -1.15. The van der Waals surface area contributed by atoms with Crippen LogP contribution in [0.15, 0.2) is 42.6 Å². The Kier molecular flexibility index (Phi) is 2.19. The van der Waals surface area contributed by atoms with E-state index in [1.807, 2.05) is 12.3 Å². The van der Waals surface area contributed by atoms with Gasteiger partial charge in [0, 0.05) is 17.5 Å². The summed E-state index contributed by atoms with van der Waals surface area (Å²) in [5.41, 5.74) is 1.35. The molecule has 2 heteroatoms. The van der Waals surface area contributed by atoms with E-state index in [1.165, 1.54) is 10.4 Å². The number of hydrogen-bond acceptors (Lipinski definition) is 2. The number of benzene rings is 1. The minimum Gasteiger partial charge on any atom is -0.201 e. The van der Waals surface area contributed by atoms with E-state index >= 15 is 0 Å². The molecule has 1 aromatic heterocycles. The van der Waals surface area contributed by atoms with Gasteiger partial charge in [-0.05, 0) is 23.2 Å². The fourth-order valence-corrected chi connectivity index (χ4v) is 1.74. The maximum atomic E-state index is 4.06. The Morgan fingerprint density at radius 2 is 1.92 bits per heavy atom. The molecule has 0 unspecified atom stereocenters. The van der Waals surface area contributed by atoms with Crippen LogP contribution >= 0.6 is 11.5 Å². The summed E-state index contributed by atoms with van der Waals surface area (Å²) in [6, 6.07) is 12.5. The third-order valence-corrected chi connectivity index (χ3v) is 2.45. The van der Waals surface area contributed by atoms with Crippen LogP contribution in [0.1, 0.15) is 10.4 Å². The van der Waals surface area contributed by atoms with Crippen LogP contribution in [-0.2, 0) is 6.42 Å². The fourth-order valence-electron chi connectivity index (χ4n) is 1.13. The van der Waals surface area contributed by atoms with Crippen LogP contribution in [0.25, 0.3) is 0 Å². The van der Waals surface area contributed by atoms with Gasteiger partial charge in [-0.25, -0.2) is 4.37 Å². The van der Waals surface area contributed by atoms with Crippen molar-refractivity contribution in [2.24, 2.45) is 0 Å². The van der Waals surface area contributed by atoms with Crippen LogP contribution in [0, 0.1) is 0 Å². The van der Waals surface area contributed by atoms with Crippen LogP contribution in [0.2, 0.25) is 0 Å². The number of aromatic nitrogens is 1. The van der Waals surface area contributed by atoms with Crippen LogP contribution < -0.4 is 0 Å². The van der Waals surface area contributed by atoms with Crippen molar-refractivity contribution in [1.29, 1.82) is 0 Å². The smallest absolute Gasteiger partial charge is 0.0409 e. The van der Waals surface area contributed by atoms with Crippen LogP contribution in [0.5, 0.6) is 0 Å². The number of hydrogen-bond donors (Lipinski definition) is 0. The van der Waals surface area contributed by atoms with Crippen molar-refractivity contribution in [2.75, 3.05) is 0 Å². The molecule has 1 aromatic carbocycles. The van der Waals surface area contributed by atoms with Crippen LogP contribution in [0.3, 0.4) is 0 Å². The minimum atomic E-state index is 1.01. The molecule has 60 valence electrons. The average Bonchev–Trinajstić information content (AvgIpc) is 2.59. The molecule has 0 amide bonds. The summed E-state index contributed by atoms with van der Waals surface area (Å²) in [7, 11) is 0. The van der Waals surface area contributed by atoms with Gasteiger partial charge in [0.05, 0.1) is 0 Å². The molecule has 1 heterocycles. The number of rotatable bonds is 2. The molecule has 0 aliphatic rings. The lowest BCUT2D eigenvalue weighted by atomic mass is 10.1. The summed E-state index contributed by atoms with van der Waals surface area (Å²) >= 11 is 1.57. The largest absolute Gasteiger partial charge is 0.201 e. The maximum Gasteiger partial charge on any atom is 0.0409 e. The van der Waals surface area contributed by atoms with Gasteiger partial charge in [-0.1, -0.05) is 30.3 Å². The average molecular weight is 175 g/mol. The summed E-state index contributed by atoms with van der Waals surface area (Å²) in [5.74, 6) is 0. The van der Waals surface area contributed by atoms with Crippen LogP contribution in [0.4, 0.5) is 0 Å². The van der Waals surface area contributed by atoms with Crippen molar-refractivity contribution in [3.05, 3.63) is 53.0 Å². The van der Waals surface area contributed by atoms with Gasteiger partial charge in [-0.2, -0.15) is 0 Å². The first-order valence-corrected chi connectivity index (χ1v) is 4.66. The van der Waals surface area contributed by atoms with E-state index < -0.39 is 0 Å². The van der Waals surface area contributed by atoms with E-state index in [4.69, 9.17) is 0 Å². The van der Waals surface area contributed by atoms with E-state index in [-0.39, 0.29) is 0 Å². The third kappa shape index (κ3) is 1.71. The van der Waals surface area contributed by atoms with Gasteiger partial charge in [-0.3, -0.25) is 0 Å². The summed E-state index contributed by atoms with van der Waals surface area (Å²) in [6.07, 6.45) is 2.86. The molecule has 0 saturated carbocycles. The Morgan fingerprint density at radius 1 is 1.08 bits per heavy atom. The highest BCUT2D eigenvalue weighted by Crippen LogP contribution is 2.11. The predicted octanol–water partition coefficient (Wildman–Crippen LogP) is 2.73. The van der Waals surface area contributed by atoms with Gasteiger partial charge in [0.25, 0.3) is 0 Å². The second kappa shape index (κ2) is 3.50. The maximum absolute atomic E-state index is 4.06. The first kappa shape index (κ1) is 7.50. The zero-order chi connectivity index (χ0) is 8.23. The first-order chi connectivity index (χ1) is 5.95. The van der Waals surface area contributed by atoms with E-state index in [0.29, 0.717) is 0 Å². The minimum absolute atomic E-state index is 1.01. The van der Waals surface area contributed by atoms with Gasteiger partial charge in [0.2, 0.25) is 0 Å². The monoisotopic (exact) mass is 175 g/mol. The van der Waals surface area contributed by atoms with Crippen molar-refractivity contribution in [2.45, 2.75) is 6.42 Å². The molecule has 0 N–H and O–H groups in total. The molecule has 0 saturated heterocycles. The highest BCUT2D eigenvalue weighted by molar-refractivity contribution is 7.05. The van der Waals surface area contributed by atoms with Crippen molar-refractivity contribution in [3.63, 3.8) is 0 Å². The van der Waals surface area contributed by atoms with Crippen molar-refractivity contribution in [1.82, 2.24) is 4.37 Å². The molecule has 1 nitrogen and oxygen atoms in total. The van der Waals surface area contributed by atoms with E-state index in [0.717, 1.165) is 6.42 Å². The quantitative estimate of drug-likeness (QED) is 0.684. The molecular formula is C10H9NS. The standard InChI is InChI=1S/C10H9NS/c1-2-4-9(5-3-1)8-10-6-7-11-12-10/h1-7H,8H2. The van der Waals surface area contributed by atoms with Crippen molar-refractivity contribution in [3.8, 4) is 0 Å². The summed E-state index contributed by atoms with van der Waals surface area (Å²) in [6.45, 7) is 0. The molecule has 2 rings (SSSR count). The lowest BCUT2D eigenvalue weighted by Crippen LogP contribution is -1.81. The van der Waals surface area contributed by atoms with E-state index in [9.17, 15) is 0 Å². The summed E-state index contributed by atoms with van der Waals surface area (Å²) in [5, 5.41) is 0. The molecule has 0 aliphatic carbocycles. The second-order valence-corrected chi connectivity index (χ2v) is 3.56. The SMILES string of the molecule is c1ccc(Cc2ccns2)cc1. The fraction of sp³-hybridized carbons (Fsp3) is 0.100. The molecule has 0 fully saturated rings. The highest BCUT2D eigenvalue weighted by Gasteiger charge is 1.95. The van der Waals surface area contributed by atoms with Crippen molar-refractivity contribution < 1.29 is 0 Å². The van der Waals surface area contributed by atoms with Crippen LogP contribution in [-0.4, -0.2) is 4.37 Å². The molecule has 12 heavy (non-hydrogen) atoms. The predicted molar refractivity (Wildman–Crippen MR) is 51.4 cm³/mol. The zero-order valence-electron chi connectivity index (χ0n) is 6.60. The van der Waals surface area contributed by atoms with Gasteiger partial charge in [-0.15, -0.1) is 0 Å². The van der Waals surface area contributed by atoms with Crippen molar-refractivity contribution >= 4 is 11.5 Å². The molecule has 2 aromatic rings. The lowest BCUT2D eigenvalue weighted by molar-refractivity contribution is 1.24. The molecule has 0 radical (unpaired) electrons. The Labute approximate surface area is 75.9 Å². The molecular weight excluding hydrogens is 166 g/mol. The third-order valence-electron chi connectivity index (χ3n) is 1.71. The van der Waals surface area contributed by atoms with E-state index in [1.54, 1.807) is 11.5 Å². The highest BCUT2D eigenvalue weighted by atomic mass is 32.1. The molecule has 0 aliphatic heterocycles. The zero-order valence-corrected chi connectivity index (χ0v) is 7.42. The van der Waals surface area contributed by atoms with Gasteiger partial charge in [0.1, 0.15) is 0 Å². The lowest BCUT2D eigenvalue weighted by Gasteiger charge is -1.95. The molecule has 0 atom stereocenters. The van der Waals surface area contributed by atoms with E-state index in [2.05, 4.69) is 34.7 Å². The normalized spacial score (nSPS) is 10.0. The Balaban J connectivity index is 2.15. The topological polar surface area (TPSA) is 12.9 Å². The van der Waals surface area contributed by atoms with Gasteiger partial charge >= 0.3 is 0 Å². The molecule has 0 spiro atoms. The van der Waals surface area contributed by atoms with Gasteiger partial charge < -0.3 is 0 Å². The Bertz CT molecular complexity index is 326. The first-order valence-electron chi connectivity index (χ1n) is 3.88. The number of nitrogens with zero attached hydrogens (tertiary/aromatic N) is 1. The second-order valence-electron chi connectivity index (χ2n) is 2.64.